The van der Waals surface area contributed by atoms with Crippen LogP contribution in [0, 0.1) is 18.3 Å². The molecule has 1 aromatic carbocycles. The number of ether oxygens (including phenoxy) is 2. The number of carbonyl (C=O) groups is 2. The zero-order chi connectivity index (χ0) is 21.8. The summed E-state index contributed by atoms with van der Waals surface area (Å²) >= 11 is 0. The molecule has 1 unspecified atom stereocenters. The second kappa shape index (κ2) is 9.60. The number of likely N-dealkylation sites (tertiary alicyclic amines) is 1. The molecule has 31 heavy (non-hydrogen) atoms. The second-order valence-corrected chi connectivity index (χ2v) is 9.52. The highest BCUT2D eigenvalue weighted by Gasteiger charge is 2.48. The number of carbonyl (C=O) groups excluding carboxylic acids is 2. The molecule has 1 aliphatic carbocycles. The molecule has 1 saturated carbocycles. The molecule has 2 amide bonds. The first-order valence-electron chi connectivity index (χ1n) is 11.8. The smallest absolute Gasteiger partial charge is 0.254 e. The summed E-state index contributed by atoms with van der Waals surface area (Å²) in [7, 11) is 1.65. The van der Waals surface area contributed by atoms with Gasteiger partial charge in [0.1, 0.15) is 5.75 Å². The third kappa shape index (κ3) is 4.74. The fraction of sp³-hybridized carbons (Fsp3) is 0.680. The monoisotopic (exact) mass is 428 g/mol. The molecule has 1 spiro atoms. The van der Waals surface area contributed by atoms with Crippen molar-refractivity contribution >= 4 is 11.8 Å². The summed E-state index contributed by atoms with van der Waals surface area (Å²) in [4.78, 5) is 30.2. The minimum absolute atomic E-state index is 0.118. The maximum atomic E-state index is 13.4. The number of aryl methyl sites for hydroxylation is 1. The average Bonchev–Trinajstić information content (AvgIpc) is 3.15. The Morgan fingerprint density at radius 3 is 2.55 bits per heavy atom. The molecule has 4 rings (SSSR count). The SMILES string of the molecule is COc1ccc(C(=O)N2CC(CCC(=O)N3CCOCC3)C3(CCCCC3)C2)c(C)c1. The molecular weight excluding hydrogens is 392 g/mol. The van der Waals surface area contributed by atoms with Gasteiger partial charge < -0.3 is 19.3 Å². The summed E-state index contributed by atoms with van der Waals surface area (Å²) in [5.41, 5.74) is 1.89. The Morgan fingerprint density at radius 2 is 1.87 bits per heavy atom. The van der Waals surface area contributed by atoms with Crippen LogP contribution in [0.2, 0.25) is 0 Å². The summed E-state index contributed by atoms with van der Waals surface area (Å²) in [6.07, 6.45) is 7.56. The van der Waals surface area contributed by atoms with Crippen molar-refractivity contribution in [2.75, 3.05) is 46.5 Å². The van der Waals surface area contributed by atoms with E-state index in [4.69, 9.17) is 9.47 Å². The Kier molecular flexibility index (Phi) is 6.85. The predicted molar refractivity (Wildman–Crippen MR) is 119 cm³/mol. The van der Waals surface area contributed by atoms with E-state index >= 15 is 0 Å². The van der Waals surface area contributed by atoms with Crippen LogP contribution in [0.25, 0.3) is 0 Å². The number of amides is 2. The quantitative estimate of drug-likeness (QED) is 0.718. The summed E-state index contributed by atoms with van der Waals surface area (Å²) in [5.74, 6) is 1.54. The molecule has 2 aliphatic heterocycles. The molecule has 0 bridgehead atoms. The van der Waals surface area contributed by atoms with Gasteiger partial charge in [0, 0.05) is 38.2 Å². The lowest BCUT2D eigenvalue weighted by molar-refractivity contribution is -0.135. The second-order valence-electron chi connectivity index (χ2n) is 9.52. The average molecular weight is 429 g/mol. The first kappa shape index (κ1) is 22.1. The molecule has 3 fully saturated rings. The highest BCUT2D eigenvalue weighted by atomic mass is 16.5. The Morgan fingerprint density at radius 1 is 1.13 bits per heavy atom. The molecule has 170 valence electrons. The third-order valence-corrected chi connectivity index (χ3v) is 7.68. The largest absolute Gasteiger partial charge is 0.497 e. The number of nitrogens with zero attached hydrogens (tertiary/aromatic N) is 2. The number of methoxy groups -OCH3 is 1. The lowest BCUT2D eigenvalue weighted by Crippen LogP contribution is -2.41. The lowest BCUT2D eigenvalue weighted by Gasteiger charge is -2.38. The fourth-order valence-electron chi connectivity index (χ4n) is 5.85. The van der Waals surface area contributed by atoms with Gasteiger partial charge in [0.15, 0.2) is 0 Å². The molecule has 0 N–H and O–H groups in total. The van der Waals surface area contributed by atoms with E-state index in [0.717, 1.165) is 36.4 Å². The van der Waals surface area contributed by atoms with Crippen molar-refractivity contribution in [1.82, 2.24) is 9.80 Å². The zero-order valence-corrected chi connectivity index (χ0v) is 19.0. The molecule has 1 aromatic rings. The van der Waals surface area contributed by atoms with Gasteiger partial charge in [0.05, 0.1) is 20.3 Å². The summed E-state index contributed by atoms with van der Waals surface area (Å²) in [5, 5.41) is 0. The third-order valence-electron chi connectivity index (χ3n) is 7.68. The standard InChI is InChI=1S/C25H36N2O4/c1-19-16-21(30-2)7-8-22(19)24(29)27-17-20(25(18-27)10-4-3-5-11-25)6-9-23(28)26-12-14-31-15-13-26/h7-8,16,20H,3-6,9-15,17-18H2,1-2H3. The highest BCUT2D eigenvalue weighted by molar-refractivity contribution is 5.96. The van der Waals surface area contributed by atoms with Crippen LogP contribution < -0.4 is 4.74 Å². The van der Waals surface area contributed by atoms with Crippen LogP contribution in [-0.4, -0.2) is 68.1 Å². The van der Waals surface area contributed by atoms with E-state index in [1.54, 1.807) is 7.11 Å². The number of rotatable bonds is 5. The lowest BCUT2D eigenvalue weighted by atomic mass is 9.66. The van der Waals surface area contributed by atoms with Crippen LogP contribution in [0.15, 0.2) is 18.2 Å². The van der Waals surface area contributed by atoms with Crippen molar-refractivity contribution in [2.24, 2.45) is 11.3 Å². The Bertz CT molecular complexity index is 797. The van der Waals surface area contributed by atoms with E-state index in [0.29, 0.717) is 38.6 Å². The number of hydrogen-bond donors (Lipinski definition) is 0. The van der Waals surface area contributed by atoms with Gasteiger partial charge in [0.25, 0.3) is 5.91 Å². The van der Waals surface area contributed by atoms with Crippen LogP contribution in [0.5, 0.6) is 5.75 Å². The minimum atomic E-state index is 0.118. The number of hydrogen-bond acceptors (Lipinski definition) is 4. The molecule has 6 heteroatoms. The van der Waals surface area contributed by atoms with E-state index in [9.17, 15) is 9.59 Å². The molecule has 0 radical (unpaired) electrons. The number of benzene rings is 1. The van der Waals surface area contributed by atoms with E-state index in [2.05, 4.69) is 4.90 Å². The van der Waals surface area contributed by atoms with E-state index in [1.165, 1.54) is 32.1 Å². The molecule has 6 nitrogen and oxygen atoms in total. The molecule has 0 aromatic heterocycles. The van der Waals surface area contributed by atoms with Gasteiger partial charge in [-0.05, 0) is 61.3 Å². The number of morpholine rings is 1. The zero-order valence-electron chi connectivity index (χ0n) is 19.0. The maximum Gasteiger partial charge on any atom is 0.254 e. The van der Waals surface area contributed by atoms with E-state index < -0.39 is 0 Å². The van der Waals surface area contributed by atoms with Crippen molar-refractivity contribution in [2.45, 2.75) is 51.9 Å². The van der Waals surface area contributed by atoms with Crippen molar-refractivity contribution in [3.63, 3.8) is 0 Å². The Labute approximate surface area is 185 Å². The Hall–Kier alpha value is -2.08. The predicted octanol–water partition coefficient (Wildman–Crippen LogP) is 3.67. The normalized spacial score (nSPS) is 23.2. The molecule has 1 atom stereocenters. The van der Waals surface area contributed by atoms with Gasteiger partial charge in [-0.3, -0.25) is 9.59 Å². The van der Waals surface area contributed by atoms with Gasteiger partial charge in [-0.25, -0.2) is 0 Å². The summed E-state index contributed by atoms with van der Waals surface area (Å²) in [6, 6.07) is 5.68. The van der Waals surface area contributed by atoms with Gasteiger partial charge >= 0.3 is 0 Å². The van der Waals surface area contributed by atoms with Crippen molar-refractivity contribution in [3.8, 4) is 5.75 Å². The summed E-state index contributed by atoms with van der Waals surface area (Å²) in [6.45, 7) is 6.26. The van der Waals surface area contributed by atoms with Gasteiger partial charge in [0.2, 0.25) is 5.91 Å². The van der Waals surface area contributed by atoms with E-state index in [-0.39, 0.29) is 17.2 Å². The van der Waals surface area contributed by atoms with Crippen LogP contribution >= 0.6 is 0 Å². The van der Waals surface area contributed by atoms with Crippen LogP contribution in [0.4, 0.5) is 0 Å². The van der Waals surface area contributed by atoms with Crippen LogP contribution in [0.1, 0.15) is 60.9 Å². The van der Waals surface area contributed by atoms with Gasteiger partial charge in [-0.1, -0.05) is 19.3 Å². The molecule has 2 heterocycles. The highest BCUT2D eigenvalue weighted by Crippen LogP contribution is 2.49. The van der Waals surface area contributed by atoms with Crippen molar-refractivity contribution in [1.29, 1.82) is 0 Å². The van der Waals surface area contributed by atoms with Crippen molar-refractivity contribution < 1.29 is 19.1 Å². The van der Waals surface area contributed by atoms with Gasteiger partial charge in [-0.2, -0.15) is 0 Å². The topological polar surface area (TPSA) is 59.1 Å². The van der Waals surface area contributed by atoms with Crippen LogP contribution in [-0.2, 0) is 9.53 Å². The molecule has 3 aliphatic rings. The summed E-state index contributed by atoms with van der Waals surface area (Å²) < 4.78 is 10.7. The van der Waals surface area contributed by atoms with Gasteiger partial charge in [-0.15, -0.1) is 0 Å². The first-order chi connectivity index (χ1) is 15.0. The van der Waals surface area contributed by atoms with Crippen molar-refractivity contribution in [3.05, 3.63) is 29.3 Å². The Balaban J connectivity index is 1.46. The van der Waals surface area contributed by atoms with Crippen LogP contribution in [0.3, 0.4) is 0 Å². The molecule has 2 saturated heterocycles. The van der Waals surface area contributed by atoms with E-state index in [1.807, 2.05) is 30.0 Å². The molecular formula is C25H36N2O4. The fourth-order valence-corrected chi connectivity index (χ4v) is 5.85. The minimum Gasteiger partial charge on any atom is -0.497 e. The maximum absolute atomic E-state index is 13.4. The first-order valence-corrected chi connectivity index (χ1v) is 11.8.